The van der Waals surface area contributed by atoms with Gasteiger partial charge in [0, 0.05) is 0 Å². The van der Waals surface area contributed by atoms with E-state index in [4.69, 9.17) is 0 Å². The molecule has 0 heteroatoms. The van der Waals surface area contributed by atoms with Gasteiger partial charge >= 0.3 is 0 Å². The van der Waals surface area contributed by atoms with E-state index in [9.17, 15) is 0 Å². The summed E-state index contributed by atoms with van der Waals surface area (Å²) in [5.74, 6) is 0.683. The molecule has 0 aromatic heterocycles. The Kier molecular flexibility index (Phi) is 3.98. The molecule has 3 aromatic carbocycles. The Bertz CT molecular complexity index is 909. The van der Waals surface area contributed by atoms with E-state index < -0.39 is 0 Å². The van der Waals surface area contributed by atoms with Gasteiger partial charge < -0.3 is 0 Å². The minimum atomic E-state index is 0.683. The maximum absolute atomic E-state index is 2.43. The van der Waals surface area contributed by atoms with Gasteiger partial charge in [-0.15, -0.1) is 0 Å². The van der Waals surface area contributed by atoms with Crippen molar-refractivity contribution in [1.82, 2.24) is 0 Å². The third-order valence-corrected chi connectivity index (χ3v) is 5.37. The van der Waals surface area contributed by atoms with Gasteiger partial charge in [-0.1, -0.05) is 92.6 Å². The molecule has 0 amide bonds. The van der Waals surface area contributed by atoms with Crippen LogP contribution in [0.2, 0.25) is 0 Å². The third-order valence-electron chi connectivity index (χ3n) is 5.37. The van der Waals surface area contributed by atoms with E-state index in [1.54, 1.807) is 5.57 Å². The summed E-state index contributed by atoms with van der Waals surface area (Å²) < 4.78 is 0. The molecule has 1 aliphatic rings. The highest BCUT2D eigenvalue weighted by atomic mass is 14.2. The molecular formula is C24H24. The Balaban J connectivity index is 1.80. The SMILES string of the molecule is CCCC(C)C1=Cc2cccc(-c3cccc4ccccc34)c2C1. The molecular weight excluding hydrogens is 288 g/mol. The van der Waals surface area contributed by atoms with Crippen molar-refractivity contribution in [2.45, 2.75) is 33.1 Å². The first-order valence-electron chi connectivity index (χ1n) is 9.08. The zero-order valence-corrected chi connectivity index (χ0v) is 14.5. The van der Waals surface area contributed by atoms with E-state index >= 15 is 0 Å². The molecule has 1 unspecified atom stereocenters. The van der Waals surface area contributed by atoms with Crippen molar-refractivity contribution in [1.29, 1.82) is 0 Å². The molecule has 0 heterocycles. The summed E-state index contributed by atoms with van der Waals surface area (Å²) in [7, 11) is 0. The van der Waals surface area contributed by atoms with E-state index in [-0.39, 0.29) is 0 Å². The van der Waals surface area contributed by atoms with E-state index in [0.717, 1.165) is 6.42 Å². The summed E-state index contributed by atoms with van der Waals surface area (Å²) in [5, 5.41) is 2.67. The van der Waals surface area contributed by atoms with E-state index in [2.05, 4.69) is 80.6 Å². The summed E-state index contributed by atoms with van der Waals surface area (Å²) in [5.41, 5.74) is 7.28. The van der Waals surface area contributed by atoms with Crippen molar-refractivity contribution in [2.75, 3.05) is 0 Å². The van der Waals surface area contributed by atoms with Crippen molar-refractivity contribution in [3.05, 3.63) is 77.4 Å². The molecule has 0 spiro atoms. The average molecular weight is 312 g/mol. The van der Waals surface area contributed by atoms with Crippen molar-refractivity contribution < 1.29 is 0 Å². The number of benzene rings is 3. The smallest absolute Gasteiger partial charge is 0.00490 e. The highest BCUT2D eigenvalue weighted by molar-refractivity contribution is 5.98. The molecule has 0 nitrogen and oxygen atoms in total. The van der Waals surface area contributed by atoms with Gasteiger partial charge in [0.25, 0.3) is 0 Å². The van der Waals surface area contributed by atoms with Gasteiger partial charge in [0.1, 0.15) is 0 Å². The van der Waals surface area contributed by atoms with Crippen LogP contribution in [0.15, 0.2) is 66.2 Å². The second-order valence-electron chi connectivity index (χ2n) is 6.99. The lowest BCUT2D eigenvalue weighted by molar-refractivity contribution is 0.596. The average Bonchev–Trinajstić information content (AvgIpc) is 3.06. The standard InChI is InChI=1S/C24H24/c1-3-8-17(2)20-15-19-11-7-14-23(24(19)16-20)22-13-6-10-18-9-4-5-12-21(18)22/h4-7,9-15,17H,3,8,16H2,1-2H3. The highest BCUT2D eigenvalue weighted by Gasteiger charge is 2.20. The van der Waals surface area contributed by atoms with E-state index in [1.807, 2.05) is 0 Å². The number of allylic oxidation sites excluding steroid dienone is 1. The van der Waals surface area contributed by atoms with Crippen LogP contribution >= 0.6 is 0 Å². The third kappa shape index (κ3) is 2.57. The molecule has 0 radical (unpaired) electrons. The summed E-state index contributed by atoms with van der Waals surface area (Å²) in [6.45, 7) is 4.65. The lowest BCUT2D eigenvalue weighted by Crippen LogP contribution is -1.99. The topological polar surface area (TPSA) is 0 Å². The van der Waals surface area contributed by atoms with Crippen LogP contribution in [0.4, 0.5) is 0 Å². The van der Waals surface area contributed by atoms with Crippen LogP contribution < -0.4 is 0 Å². The van der Waals surface area contributed by atoms with Crippen LogP contribution in [0, 0.1) is 5.92 Å². The Labute approximate surface area is 144 Å². The van der Waals surface area contributed by atoms with Gasteiger partial charge in [0.05, 0.1) is 0 Å². The van der Waals surface area contributed by atoms with Gasteiger partial charge in [-0.2, -0.15) is 0 Å². The molecule has 0 aliphatic heterocycles. The fourth-order valence-corrected chi connectivity index (χ4v) is 4.04. The lowest BCUT2D eigenvalue weighted by Gasteiger charge is -2.14. The number of hydrogen-bond donors (Lipinski definition) is 0. The molecule has 0 fully saturated rings. The number of rotatable bonds is 4. The van der Waals surface area contributed by atoms with Gasteiger partial charge in [0.2, 0.25) is 0 Å². The first-order chi connectivity index (χ1) is 11.8. The summed E-state index contributed by atoms with van der Waals surface area (Å²) in [4.78, 5) is 0. The zero-order valence-electron chi connectivity index (χ0n) is 14.5. The summed E-state index contributed by atoms with van der Waals surface area (Å²) >= 11 is 0. The van der Waals surface area contributed by atoms with Crippen LogP contribution in [0.1, 0.15) is 37.8 Å². The summed E-state index contributed by atoms with van der Waals surface area (Å²) in [6, 6.07) is 22.1. The molecule has 3 aromatic rings. The molecule has 0 N–H and O–H groups in total. The second kappa shape index (κ2) is 6.28. The quantitative estimate of drug-likeness (QED) is 0.492. The molecule has 4 rings (SSSR count). The molecule has 0 bridgehead atoms. The minimum Gasteiger partial charge on any atom is -0.0654 e. The Hall–Kier alpha value is -2.34. The number of fused-ring (bicyclic) bond motifs is 2. The highest BCUT2D eigenvalue weighted by Crippen LogP contribution is 2.39. The molecule has 1 aliphatic carbocycles. The molecule has 0 saturated heterocycles. The fraction of sp³-hybridized carbons (Fsp3) is 0.250. The first-order valence-corrected chi connectivity index (χ1v) is 9.08. The normalized spacial score (nSPS) is 14.5. The van der Waals surface area contributed by atoms with Crippen molar-refractivity contribution >= 4 is 16.8 Å². The lowest BCUT2D eigenvalue weighted by atomic mass is 9.90. The van der Waals surface area contributed by atoms with Gasteiger partial charge in [0.15, 0.2) is 0 Å². The Morgan fingerprint density at radius 2 is 1.62 bits per heavy atom. The predicted octanol–water partition coefficient (Wildman–Crippen LogP) is 6.88. The van der Waals surface area contributed by atoms with Crippen molar-refractivity contribution in [3.63, 3.8) is 0 Å². The van der Waals surface area contributed by atoms with Crippen LogP contribution in [0.3, 0.4) is 0 Å². The van der Waals surface area contributed by atoms with E-state index in [1.165, 1.54) is 45.9 Å². The maximum Gasteiger partial charge on any atom is -0.00490 e. The van der Waals surface area contributed by atoms with Crippen LogP contribution in [0.5, 0.6) is 0 Å². The van der Waals surface area contributed by atoms with Crippen molar-refractivity contribution in [2.24, 2.45) is 5.92 Å². The fourth-order valence-electron chi connectivity index (χ4n) is 4.04. The second-order valence-corrected chi connectivity index (χ2v) is 6.99. The minimum absolute atomic E-state index is 0.683. The van der Waals surface area contributed by atoms with Gasteiger partial charge in [-0.05, 0) is 51.8 Å². The molecule has 24 heavy (non-hydrogen) atoms. The monoisotopic (exact) mass is 312 g/mol. The van der Waals surface area contributed by atoms with E-state index in [0.29, 0.717) is 5.92 Å². The largest absolute Gasteiger partial charge is 0.0654 e. The zero-order chi connectivity index (χ0) is 16.5. The Morgan fingerprint density at radius 3 is 2.50 bits per heavy atom. The molecule has 120 valence electrons. The van der Waals surface area contributed by atoms with Gasteiger partial charge in [-0.3, -0.25) is 0 Å². The summed E-state index contributed by atoms with van der Waals surface area (Å²) in [6.07, 6.45) is 6.08. The maximum atomic E-state index is 2.43. The van der Waals surface area contributed by atoms with Crippen molar-refractivity contribution in [3.8, 4) is 11.1 Å². The Morgan fingerprint density at radius 1 is 0.875 bits per heavy atom. The van der Waals surface area contributed by atoms with Crippen LogP contribution in [0.25, 0.3) is 28.0 Å². The van der Waals surface area contributed by atoms with Crippen LogP contribution in [-0.2, 0) is 6.42 Å². The molecule has 0 saturated carbocycles. The number of hydrogen-bond acceptors (Lipinski definition) is 0. The van der Waals surface area contributed by atoms with Crippen LogP contribution in [-0.4, -0.2) is 0 Å². The molecule has 1 atom stereocenters. The predicted molar refractivity (Wildman–Crippen MR) is 105 cm³/mol. The van der Waals surface area contributed by atoms with Gasteiger partial charge in [-0.25, -0.2) is 0 Å². The first kappa shape index (κ1) is 15.2.